The number of fused-ring (bicyclic) bond motifs is 3. The number of hydrazine groups is 1. The molecule has 2 aromatic heterocycles. The fourth-order valence-corrected chi connectivity index (χ4v) is 1.80. The Labute approximate surface area is 109 Å². The second-order valence-corrected chi connectivity index (χ2v) is 4.22. The van der Waals surface area contributed by atoms with Crippen molar-refractivity contribution in [2.45, 2.75) is 13.8 Å². The Morgan fingerprint density at radius 1 is 1.26 bits per heavy atom. The molecule has 96 valence electrons. The van der Waals surface area contributed by atoms with E-state index in [2.05, 4.69) is 31.0 Å². The van der Waals surface area contributed by atoms with Crippen LogP contribution in [0.1, 0.15) is 13.8 Å². The first-order chi connectivity index (χ1) is 9.28. The summed E-state index contributed by atoms with van der Waals surface area (Å²) in [5.41, 5.74) is 9.39. The van der Waals surface area contributed by atoms with Gasteiger partial charge in [0.15, 0.2) is 5.65 Å². The molecule has 6 nitrogen and oxygen atoms in total. The Morgan fingerprint density at radius 3 is 2.95 bits per heavy atom. The standard InChI is InChI=1S/C13H14N6/c1-3-8(2)16-18-13-15-12-11(17-19-13)9-6-4-5-7-10(9)14-12/h3-7,16H,1-2H3,(H2,14,15,18,19). The normalized spacial score (nSPS) is 12.0. The van der Waals surface area contributed by atoms with Crippen molar-refractivity contribution < 1.29 is 0 Å². The summed E-state index contributed by atoms with van der Waals surface area (Å²) in [6.45, 7) is 3.89. The van der Waals surface area contributed by atoms with E-state index in [9.17, 15) is 0 Å². The highest BCUT2D eigenvalue weighted by molar-refractivity contribution is 6.03. The lowest BCUT2D eigenvalue weighted by Gasteiger charge is -2.06. The Hall–Kier alpha value is -2.63. The molecule has 0 atom stereocenters. The summed E-state index contributed by atoms with van der Waals surface area (Å²) < 4.78 is 0. The Morgan fingerprint density at radius 2 is 2.11 bits per heavy atom. The molecule has 2 heterocycles. The van der Waals surface area contributed by atoms with Gasteiger partial charge in [-0.2, -0.15) is 4.98 Å². The second kappa shape index (κ2) is 4.56. The van der Waals surface area contributed by atoms with Crippen molar-refractivity contribution in [3.05, 3.63) is 36.0 Å². The lowest BCUT2D eigenvalue weighted by Crippen LogP contribution is -2.21. The quantitative estimate of drug-likeness (QED) is 0.625. The molecular weight excluding hydrogens is 240 g/mol. The minimum atomic E-state index is 0.431. The zero-order valence-electron chi connectivity index (χ0n) is 10.7. The number of aromatic nitrogens is 4. The van der Waals surface area contributed by atoms with Crippen molar-refractivity contribution in [2.24, 2.45) is 0 Å². The Balaban J connectivity index is 1.99. The van der Waals surface area contributed by atoms with Gasteiger partial charge in [-0.15, -0.1) is 10.2 Å². The predicted molar refractivity (Wildman–Crippen MR) is 75.4 cm³/mol. The van der Waals surface area contributed by atoms with Gasteiger partial charge < -0.3 is 10.4 Å². The first kappa shape index (κ1) is 11.5. The number of rotatable bonds is 3. The Bertz CT molecular complexity index is 758. The maximum Gasteiger partial charge on any atom is 0.263 e. The van der Waals surface area contributed by atoms with E-state index in [0.29, 0.717) is 5.95 Å². The third-order valence-electron chi connectivity index (χ3n) is 2.93. The monoisotopic (exact) mass is 254 g/mol. The minimum absolute atomic E-state index is 0.431. The van der Waals surface area contributed by atoms with Crippen molar-refractivity contribution in [3.63, 3.8) is 0 Å². The van der Waals surface area contributed by atoms with Crippen molar-refractivity contribution in [1.82, 2.24) is 25.6 Å². The number of hydrogen-bond donors (Lipinski definition) is 3. The third kappa shape index (κ3) is 2.08. The molecule has 0 aliphatic heterocycles. The van der Waals surface area contributed by atoms with E-state index in [1.165, 1.54) is 0 Å². The van der Waals surface area contributed by atoms with E-state index in [1.54, 1.807) is 0 Å². The number of anilines is 1. The highest BCUT2D eigenvalue weighted by Crippen LogP contribution is 2.21. The molecule has 3 rings (SSSR count). The van der Waals surface area contributed by atoms with Crippen LogP contribution in [0.5, 0.6) is 0 Å². The molecular formula is C13H14N6. The molecule has 0 spiro atoms. The molecule has 0 saturated heterocycles. The van der Waals surface area contributed by atoms with Crippen LogP contribution in [-0.2, 0) is 0 Å². The van der Waals surface area contributed by atoms with E-state index in [-0.39, 0.29) is 0 Å². The van der Waals surface area contributed by atoms with Crippen molar-refractivity contribution in [1.29, 1.82) is 0 Å². The van der Waals surface area contributed by atoms with Gasteiger partial charge in [0.25, 0.3) is 5.95 Å². The average Bonchev–Trinajstić information content (AvgIpc) is 2.82. The smallest absolute Gasteiger partial charge is 0.263 e. The Kier molecular flexibility index (Phi) is 2.75. The van der Waals surface area contributed by atoms with E-state index in [1.807, 2.05) is 44.2 Å². The van der Waals surface area contributed by atoms with Crippen LogP contribution >= 0.6 is 0 Å². The highest BCUT2D eigenvalue weighted by atomic mass is 15.4. The van der Waals surface area contributed by atoms with E-state index in [4.69, 9.17) is 0 Å². The summed E-state index contributed by atoms with van der Waals surface area (Å²) in [5.74, 6) is 0.431. The number of para-hydroxylation sites is 1. The molecule has 0 aliphatic carbocycles. The maximum absolute atomic E-state index is 4.39. The van der Waals surface area contributed by atoms with Gasteiger partial charge in [-0.3, -0.25) is 5.43 Å². The fraction of sp³-hybridized carbons (Fsp3) is 0.154. The summed E-state index contributed by atoms with van der Waals surface area (Å²) in [7, 11) is 0. The van der Waals surface area contributed by atoms with E-state index < -0.39 is 0 Å². The van der Waals surface area contributed by atoms with Gasteiger partial charge in [0.05, 0.1) is 0 Å². The summed E-state index contributed by atoms with van der Waals surface area (Å²) in [6.07, 6.45) is 1.95. The zero-order chi connectivity index (χ0) is 13.2. The summed E-state index contributed by atoms with van der Waals surface area (Å²) in [6, 6.07) is 7.94. The van der Waals surface area contributed by atoms with Gasteiger partial charge in [0, 0.05) is 16.6 Å². The van der Waals surface area contributed by atoms with Crippen LogP contribution in [0.3, 0.4) is 0 Å². The highest BCUT2D eigenvalue weighted by Gasteiger charge is 2.07. The van der Waals surface area contributed by atoms with Crippen molar-refractivity contribution >= 4 is 28.0 Å². The molecule has 0 saturated carbocycles. The third-order valence-corrected chi connectivity index (χ3v) is 2.93. The SMILES string of the molecule is CC=C(C)NNc1nnc2c(n1)[nH]c1ccccc12. The van der Waals surface area contributed by atoms with Gasteiger partial charge in [-0.05, 0) is 19.9 Å². The molecule has 0 bridgehead atoms. The van der Waals surface area contributed by atoms with Crippen LogP contribution in [0, 0.1) is 0 Å². The van der Waals surface area contributed by atoms with Crippen molar-refractivity contribution in [3.8, 4) is 0 Å². The number of benzene rings is 1. The van der Waals surface area contributed by atoms with Gasteiger partial charge in [0.2, 0.25) is 0 Å². The molecule has 3 N–H and O–H groups in total. The van der Waals surface area contributed by atoms with Crippen LogP contribution in [0.25, 0.3) is 22.1 Å². The molecule has 0 unspecified atom stereocenters. The molecule has 0 radical (unpaired) electrons. The summed E-state index contributed by atoms with van der Waals surface area (Å²) in [5, 5.41) is 9.29. The number of nitrogens with one attached hydrogen (secondary N) is 3. The molecule has 3 aromatic rings. The van der Waals surface area contributed by atoms with Crippen molar-refractivity contribution in [2.75, 3.05) is 5.43 Å². The maximum atomic E-state index is 4.39. The van der Waals surface area contributed by atoms with Gasteiger partial charge in [-0.25, -0.2) is 0 Å². The number of allylic oxidation sites excluding steroid dienone is 2. The van der Waals surface area contributed by atoms with Crippen LogP contribution in [-0.4, -0.2) is 20.2 Å². The molecule has 1 aromatic carbocycles. The average molecular weight is 254 g/mol. The molecule has 0 fully saturated rings. The largest absolute Gasteiger partial charge is 0.338 e. The van der Waals surface area contributed by atoms with Gasteiger partial charge in [0.1, 0.15) is 5.52 Å². The number of nitrogens with zero attached hydrogens (tertiary/aromatic N) is 3. The molecule has 19 heavy (non-hydrogen) atoms. The number of hydrogen-bond acceptors (Lipinski definition) is 5. The topological polar surface area (TPSA) is 78.5 Å². The minimum Gasteiger partial charge on any atom is -0.338 e. The lowest BCUT2D eigenvalue weighted by molar-refractivity contribution is 0.898. The van der Waals surface area contributed by atoms with Crippen LogP contribution in [0.2, 0.25) is 0 Å². The van der Waals surface area contributed by atoms with E-state index in [0.717, 1.165) is 27.8 Å². The fourth-order valence-electron chi connectivity index (χ4n) is 1.80. The molecule has 0 amide bonds. The number of H-pyrrole nitrogens is 1. The first-order valence-electron chi connectivity index (χ1n) is 6.04. The number of aromatic amines is 1. The lowest BCUT2D eigenvalue weighted by atomic mass is 10.2. The summed E-state index contributed by atoms with van der Waals surface area (Å²) in [4.78, 5) is 7.61. The van der Waals surface area contributed by atoms with E-state index >= 15 is 0 Å². The summed E-state index contributed by atoms with van der Waals surface area (Å²) >= 11 is 0. The first-order valence-corrected chi connectivity index (χ1v) is 6.04. The van der Waals surface area contributed by atoms with Crippen LogP contribution in [0.15, 0.2) is 36.0 Å². The zero-order valence-corrected chi connectivity index (χ0v) is 10.7. The van der Waals surface area contributed by atoms with Gasteiger partial charge in [-0.1, -0.05) is 24.3 Å². The second-order valence-electron chi connectivity index (χ2n) is 4.22. The van der Waals surface area contributed by atoms with Crippen LogP contribution in [0.4, 0.5) is 5.95 Å². The molecule has 6 heteroatoms. The predicted octanol–water partition coefficient (Wildman–Crippen LogP) is 2.35. The molecule has 0 aliphatic rings. The van der Waals surface area contributed by atoms with Crippen LogP contribution < -0.4 is 10.9 Å². The van der Waals surface area contributed by atoms with Gasteiger partial charge >= 0.3 is 0 Å².